The molecule has 3 rings (SSSR count). The van der Waals surface area contributed by atoms with Gasteiger partial charge in [0.25, 0.3) is 5.91 Å². The fourth-order valence-corrected chi connectivity index (χ4v) is 3.25. The lowest BCUT2D eigenvalue weighted by atomic mass is 10.1. The fraction of sp³-hybridized carbons (Fsp3) is 0.304. The second-order valence-electron chi connectivity index (χ2n) is 6.89. The number of hydrogen-bond donors (Lipinski definition) is 0. The van der Waals surface area contributed by atoms with Crippen LogP contribution in [0.3, 0.4) is 0 Å². The van der Waals surface area contributed by atoms with Crippen LogP contribution in [-0.4, -0.2) is 24.7 Å². The molecule has 2 aromatic rings. The van der Waals surface area contributed by atoms with Gasteiger partial charge in [0, 0.05) is 18.8 Å². The number of carbonyl (C=O) groups excluding carboxylic acids is 1. The molecule has 27 heavy (non-hydrogen) atoms. The maximum absolute atomic E-state index is 12.9. The first kappa shape index (κ1) is 18.9. The molecule has 0 N–H and O–H groups in total. The number of hydrogen-bond acceptors (Lipinski definition) is 3. The molecule has 4 nitrogen and oxygen atoms in total. The Hall–Kier alpha value is -2.88. The molecule has 0 radical (unpaired) electrons. The van der Waals surface area contributed by atoms with Gasteiger partial charge in [0.15, 0.2) is 0 Å². The summed E-state index contributed by atoms with van der Waals surface area (Å²) in [7, 11) is 0. The minimum atomic E-state index is -0.0800. The molecule has 0 aromatic heterocycles. The van der Waals surface area contributed by atoms with Gasteiger partial charge in [-0.15, -0.1) is 0 Å². The average Bonchev–Trinajstić information content (AvgIpc) is 2.94. The molecule has 4 heteroatoms. The average molecular weight is 361 g/mol. The van der Waals surface area contributed by atoms with Crippen molar-refractivity contribution in [3.63, 3.8) is 0 Å². The molecule has 0 saturated heterocycles. The minimum absolute atomic E-state index is 0.0800. The van der Waals surface area contributed by atoms with Crippen LogP contribution in [0.4, 0.5) is 11.4 Å². The van der Waals surface area contributed by atoms with Gasteiger partial charge in [-0.1, -0.05) is 18.2 Å². The van der Waals surface area contributed by atoms with E-state index in [0.29, 0.717) is 5.57 Å². The first-order valence-electron chi connectivity index (χ1n) is 9.48. The normalized spacial score (nSPS) is 15.4. The van der Waals surface area contributed by atoms with Crippen LogP contribution in [0.15, 0.2) is 53.1 Å². The van der Waals surface area contributed by atoms with E-state index in [0.717, 1.165) is 35.6 Å². The molecule has 1 aliphatic heterocycles. The predicted octanol–water partition coefficient (Wildman–Crippen LogP) is 4.96. The molecule has 2 aromatic carbocycles. The van der Waals surface area contributed by atoms with Crippen LogP contribution in [0, 0.1) is 13.8 Å². The van der Waals surface area contributed by atoms with Gasteiger partial charge in [0.1, 0.15) is 0 Å². The van der Waals surface area contributed by atoms with Crippen molar-refractivity contribution in [2.75, 3.05) is 23.0 Å². The highest BCUT2D eigenvalue weighted by atomic mass is 16.2. The zero-order chi connectivity index (χ0) is 19.6. The van der Waals surface area contributed by atoms with Crippen LogP contribution < -0.4 is 9.91 Å². The topological polar surface area (TPSA) is 35.9 Å². The number of hydrazone groups is 1. The van der Waals surface area contributed by atoms with Crippen LogP contribution in [-0.2, 0) is 4.79 Å². The number of rotatable bonds is 5. The summed E-state index contributed by atoms with van der Waals surface area (Å²) in [6.45, 7) is 12.2. The maximum Gasteiger partial charge on any atom is 0.280 e. The fourth-order valence-electron chi connectivity index (χ4n) is 3.25. The minimum Gasteiger partial charge on any atom is -0.372 e. The van der Waals surface area contributed by atoms with Gasteiger partial charge in [0.05, 0.1) is 17.0 Å². The van der Waals surface area contributed by atoms with Gasteiger partial charge in [-0.25, -0.2) is 0 Å². The summed E-state index contributed by atoms with van der Waals surface area (Å²) >= 11 is 0. The highest BCUT2D eigenvalue weighted by Crippen LogP contribution is 2.27. The standard InChI is InChI=1S/C23H27N3O/c1-6-25(7-2)20-12-9-19(10-13-20)15-22-18(5)24-26(23(22)27)21-11-8-16(3)17(4)14-21/h8-15H,6-7H2,1-5H3. The molecule has 1 amide bonds. The van der Waals surface area contributed by atoms with Crippen LogP contribution in [0.2, 0.25) is 0 Å². The third-order valence-corrected chi connectivity index (χ3v) is 5.13. The molecule has 0 bridgehead atoms. The summed E-state index contributed by atoms with van der Waals surface area (Å²) in [6.07, 6.45) is 1.92. The zero-order valence-corrected chi connectivity index (χ0v) is 16.8. The molecule has 0 saturated carbocycles. The highest BCUT2D eigenvalue weighted by Gasteiger charge is 2.28. The Morgan fingerprint density at radius 2 is 1.63 bits per heavy atom. The SMILES string of the molecule is CCN(CC)c1ccc(C=C2C(=O)N(c3ccc(C)c(C)c3)N=C2C)cc1. The van der Waals surface area contributed by atoms with E-state index in [1.807, 2.05) is 38.1 Å². The summed E-state index contributed by atoms with van der Waals surface area (Å²) in [5.41, 5.74) is 6.75. The second kappa shape index (κ2) is 7.78. The molecule has 0 fully saturated rings. The molecule has 140 valence electrons. The molecule has 1 heterocycles. The third-order valence-electron chi connectivity index (χ3n) is 5.13. The van der Waals surface area contributed by atoms with Gasteiger partial charge in [0.2, 0.25) is 0 Å². The van der Waals surface area contributed by atoms with Crippen molar-refractivity contribution in [1.29, 1.82) is 0 Å². The van der Waals surface area contributed by atoms with Crippen LogP contribution >= 0.6 is 0 Å². The van der Waals surface area contributed by atoms with Gasteiger partial charge in [-0.2, -0.15) is 10.1 Å². The third kappa shape index (κ3) is 3.80. The van der Waals surface area contributed by atoms with E-state index in [4.69, 9.17) is 0 Å². The van der Waals surface area contributed by atoms with E-state index in [-0.39, 0.29) is 5.91 Å². The number of amides is 1. The van der Waals surface area contributed by atoms with Crippen LogP contribution in [0.1, 0.15) is 37.5 Å². The highest BCUT2D eigenvalue weighted by molar-refractivity contribution is 6.32. The number of aryl methyl sites for hydroxylation is 2. The zero-order valence-electron chi connectivity index (χ0n) is 16.8. The van der Waals surface area contributed by atoms with E-state index in [2.05, 4.69) is 55.0 Å². The van der Waals surface area contributed by atoms with Crippen LogP contribution in [0.25, 0.3) is 6.08 Å². The van der Waals surface area contributed by atoms with Crippen molar-refractivity contribution in [3.8, 4) is 0 Å². The summed E-state index contributed by atoms with van der Waals surface area (Å²) in [6, 6.07) is 14.3. The van der Waals surface area contributed by atoms with Crippen LogP contribution in [0.5, 0.6) is 0 Å². The largest absolute Gasteiger partial charge is 0.372 e. The summed E-state index contributed by atoms with van der Waals surface area (Å²) in [5.74, 6) is -0.0800. The number of anilines is 2. The molecule has 0 spiro atoms. The Morgan fingerprint density at radius 3 is 2.22 bits per heavy atom. The second-order valence-corrected chi connectivity index (χ2v) is 6.89. The van der Waals surface area contributed by atoms with E-state index in [1.165, 1.54) is 16.3 Å². The van der Waals surface area contributed by atoms with E-state index < -0.39 is 0 Å². The monoisotopic (exact) mass is 361 g/mol. The van der Waals surface area contributed by atoms with Gasteiger partial charge < -0.3 is 4.90 Å². The molecule has 1 aliphatic rings. The Labute approximate surface area is 161 Å². The van der Waals surface area contributed by atoms with Crippen molar-refractivity contribution in [2.24, 2.45) is 5.10 Å². The van der Waals surface area contributed by atoms with Gasteiger partial charge in [-0.05, 0) is 81.7 Å². The maximum atomic E-state index is 12.9. The quantitative estimate of drug-likeness (QED) is 0.706. The molecular weight excluding hydrogens is 334 g/mol. The molecule has 0 atom stereocenters. The van der Waals surface area contributed by atoms with E-state index in [9.17, 15) is 4.79 Å². The van der Waals surface area contributed by atoms with E-state index in [1.54, 1.807) is 0 Å². The number of carbonyl (C=O) groups is 1. The van der Waals surface area contributed by atoms with Gasteiger partial charge in [-0.3, -0.25) is 4.79 Å². The lowest BCUT2D eigenvalue weighted by Gasteiger charge is -2.20. The van der Waals surface area contributed by atoms with Crippen molar-refractivity contribution in [3.05, 3.63) is 64.7 Å². The van der Waals surface area contributed by atoms with E-state index >= 15 is 0 Å². The van der Waals surface area contributed by atoms with Gasteiger partial charge >= 0.3 is 0 Å². The Kier molecular flexibility index (Phi) is 5.45. The Balaban J connectivity index is 1.86. The Bertz CT molecular complexity index is 906. The summed E-state index contributed by atoms with van der Waals surface area (Å²) in [4.78, 5) is 15.2. The molecule has 0 aliphatic carbocycles. The first-order valence-corrected chi connectivity index (χ1v) is 9.48. The lowest BCUT2D eigenvalue weighted by Crippen LogP contribution is -2.21. The van der Waals surface area contributed by atoms with Crippen molar-refractivity contribution in [1.82, 2.24) is 0 Å². The summed E-state index contributed by atoms with van der Waals surface area (Å²) in [5, 5.41) is 5.98. The number of nitrogens with zero attached hydrogens (tertiary/aromatic N) is 3. The number of benzene rings is 2. The predicted molar refractivity (Wildman–Crippen MR) is 114 cm³/mol. The molecule has 0 unspecified atom stereocenters. The van der Waals surface area contributed by atoms with Crippen molar-refractivity contribution >= 4 is 29.1 Å². The summed E-state index contributed by atoms with van der Waals surface area (Å²) < 4.78 is 0. The Morgan fingerprint density at radius 1 is 0.963 bits per heavy atom. The first-order chi connectivity index (χ1) is 12.9. The smallest absolute Gasteiger partial charge is 0.280 e. The molecular formula is C23H27N3O. The van der Waals surface area contributed by atoms with Crippen molar-refractivity contribution < 1.29 is 4.79 Å². The lowest BCUT2D eigenvalue weighted by molar-refractivity contribution is -0.114. The van der Waals surface area contributed by atoms with Crippen molar-refractivity contribution in [2.45, 2.75) is 34.6 Å².